The summed E-state index contributed by atoms with van der Waals surface area (Å²) >= 11 is 0. The first-order valence-electron chi connectivity index (χ1n) is 5.05. The predicted octanol–water partition coefficient (Wildman–Crippen LogP) is 1.64. The Kier molecular flexibility index (Phi) is 3.13. The smallest absolute Gasteiger partial charge is 0.0156 e. The quantitative estimate of drug-likeness (QED) is 0.661. The SMILES string of the molecule is CC(C)NC1(C)CCC(N)CC1. The Hall–Kier alpha value is -0.0800. The minimum absolute atomic E-state index is 0.351. The van der Waals surface area contributed by atoms with Crippen molar-refractivity contribution in [2.24, 2.45) is 5.73 Å². The fourth-order valence-corrected chi connectivity index (χ4v) is 2.12. The normalized spacial score (nSPS) is 37.2. The highest BCUT2D eigenvalue weighted by molar-refractivity contribution is 4.90. The van der Waals surface area contributed by atoms with Crippen LogP contribution >= 0.6 is 0 Å². The molecule has 0 aromatic rings. The Labute approximate surface area is 75.9 Å². The lowest BCUT2D eigenvalue weighted by Crippen LogP contribution is -2.50. The Balaban J connectivity index is 2.39. The van der Waals surface area contributed by atoms with Crippen molar-refractivity contribution in [1.29, 1.82) is 0 Å². The summed E-state index contributed by atoms with van der Waals surface area (Å²) in [6, 6.07) is 1.04. The van der Waals surface area contributed by atoms with E-state index in [1.54, 1.807) is 0 Å². The highest BCUT2D eigenvalue weighted by Gasteiger charge is 2.29. The number of nitrogens with one attached hydrogen (secondary N) is 1. The molecule has 0 radical (unpaired) electrons. The largest absolute Gasteiger partial charge is 0.328 e. The van der Waals surface area contributed by atoms with E-state index in [1.807, 2.05) is 0 Å². The monoisotopic (exact) mass is 170 g/mol. The van der Waals surface area contributed by atoms with Crippen LogP contribution in [0, 0.1) is 0 Å². The van der Waals surface area contributed by atoms with Gasteiger partial charge in [0, 0.05) is 17.6 Å². The van der Waals surface area contributed by atoms with Gasteiger partial charge in [-0.15, -0.1) is 0 Å². The van der Waals surface area contributed by atoms with Crippen molar-refractivity contribution >= 4 is 0 Å². The van der Waals surface area contributed by atoms with Crippen LogP contribution in [-0.4, -0.2) is 17.6 Å². The van der Waals surface area contributed by atoms with Crippen LogP contribution < -0.4 is 11.1 Å². The first-order chi connectivity index (χ1) is 5.52. The van der Waals surface area contributed by atoms with Gasteiger partial charge in [-0.1, -0.05) is 13.8 Å². The van der Waals surface area contributed by atoms with Crippen molar-refractivity contribution in [3.63, 3.8) is 0 Å². The van der Waals surface area contributed by atoms with E-state index < -0.39 is 0 Å². The van der Waals surface area contributed by atoms with E-state index in [0.29, 0.717) is 17.6 Å². The van der Waals surface area contributed by atoms with Crippen molar-refractivity contribution < 1.29 is 0 Å². The fraction of sp³-hybridized carbons (Fsp3) is 1.00. The van der Waals surface area contributed by atoms with Crippen LogP contribution in [0.3, 0.4) is 0 Å². The van der Waals surface area contributed by atoms with Crippen LogP contribution in [0.15, 0.2) is 0 Å². The molecule has 1 aliphatic carbocycles. The lowest BCUT2D eigenvalue weighted by Gasteiger charge is -2.38. The lowest BCUT2D eigenvalue weighted by molar-refractivity contribution is 0.222. The molecule has 12 heavy (non-hydrogen) atoms. The van der Waals surface area contributed by atoms with Gasteiger partial charge in [0.05, 0.1) is 0 Å². The van der Waals surface area contributed by atoms with Crippen molar-refractivity contribution in [2.75, 3.05) is 0 Å². The molecule has 72 valence electrons. The Morgan fingerprint density at radius 1 is 1.33 bits per heavy atom. The lowest BCUT2D eigenvalue weighted by atomic mass is 9.81. The van der Waals surface area contributed by atoms with Gasteiger partial charge in [-0.2, -0.15) is 0 Å². The maximum atomic E-state index is 5.86. The molecule has 0 aromatic carbocycles. The van der Waals surface area contributed by atoms with E-state index in [-0.39, 0.29) is 0 Å². The molecule has 1 saturated carbocycles. The molecule has 1 rings (SSSR count). The van der Waals surface area contributed by atoms with Crippen LogP contribution in [0.2, 0.25) is 0 Å². The zero-order valence-corrected chi connectivity index (χ0v) is 8.56. The molecule has 1 fully saturated rings. The summed E-state index contributed by atoms with van der Waals surface area (Å²) in [6.07, 6.45) is 4.81. The summed E-state index contributed by atoms with van der Waals surface area (Å²) < 4.78 is 0. The Morgan fingerprint density at radius 3 is 2.25 bits per heavy atom. The average molecular weight is 170 g/mol. The van der Waals surface area contributed by atoms with Crippen LogP contribution in [0.5, 0.6) is 0 Å². The van der Waals surface area contributed by atoms with Crippen LogP contribution in [0.1, 0.15) is 46.5 Å². The van der Waals surface area contributed by atoms with Gasteiger partial charge < -0.3 is 11.1 Å². The summed E-state index contributed by atoms with van der Waals surface area (Å²) in [5.41, 5.74) is 6.21. The summed E-state index contributed by atoms with van der Waals surface area (Å²) in [7, 11) is 0. The predicted molar refractivity (Wildman–Crippen MR) is 53.1 cm³/mol. The summed E-state index contributed by atoms with van der Waals surface area (Å²) in [6.45, 7) is 6.73. The van der Waals surface area contributed by atoms with E-state index in [1.165, 1.54) is 25.7 Å². The number of hydrogen-bond acceptors (Lipinski definition) is 2. The molecular formula is C10H22N2. The third-order valence-electron chi connectivity index (χ3n) is 2.77. The maximum absolute atomic E-state index is 5.86. The molecule has 0 aromatic heterocycles. The molecule has 0 atom stereocenters. The van der Waals surface area contributed by atoms with Gasteiger partial charge in [-0.25, -0.2) is 0 Å². The summed E-state index contributed by atoms with van der Waals surface area (Å²) in [5, 5.41) is 3.62. The molecule has 0 unspecified atom stereocenters. The average Bonchev–Trinajstić information content (AvgIpc) is 1.94. The fourth-order valence-electron chi connectivity index (χ4n) is 2.12. The van der Waals surface area contributed by atoms with E-state index in [0.717, 1.165) is 0 Å². The molecule has 0 amide bonds. The Morgan fingerprint density at radius 2 is 1.83 bits per heavy atom. The van der Waals surface area contributed by atoms with Crippen molar-refractivity contribution in [3.8, 4) is 0 Å². The van der Waals surface area contributed by atoms with Gasteiger partial charge in [0.25, 0.3) is 0 Å². The van der Waals surface area contributed by atoms with Crippen molar-refractivity contribution in [3.05, 3.63) is 0 Å². The van der Waals surface area contributed by atoms with E-state index in [4.69, 9.17) is 5.73 Å². The zero-order chi connectivity index (χ0) is 9.19. The van der Waals surface area contributed by atoms with Gasteiger partial charge in [0.2, 0.25) is 0 Å². The topological polar surface area (TPSA) is 38.0 Å². The van der Waals surface area contributed by atoms with Crippen molar-refractivity contribution in [2.45, 2.75) is 64.1 Å². The van der Waals surface area contributed by atoms with Crippen LogP contribution in [-0.2, 0) is 0 Å². The van der Waals surface area contributed by atoms with Crippen LogP contribution in [0.4, 0.5) is 0 Å². The molecule has 2 nitrogen and oxygen atoms in total. The number of rotatable bonds is 2. The van der Waals surface area contributed by atoms with Crippen molar-refractivity contribution in [1.82, 2.24) is 5.32 Å². The van der Waals surface area contributed by atoms with Gasteiger partial charge in [0.15, 0.2) is 0 Å². The summed E-state index contributed by atoms with van der Waals surface area (Å²) in [5.74, 6) is 0. The van der Waals surface area contributed by atoms with Gasteiger partial charge in [0.1, 0.15) is 0 Å². The van der Waals surface area contributed by atoms with Gasteiger partial charge in [-0.3, -0.25) is 0 Å². The Bertz CT molecular complexity index is 135. The summed E-state index contributed by atoms with van der Waals surface area (Å²) in [4.78, 5) is 0. The maximum Gasteiger partial charge on any atom is 0.0156 e. The van der Waals surface area contributed by atoms with Crippen LogP contribution in [0.25, 0.3) is 0 Å². The molecule has 3 N–H and O–H groups in total. The molecule has 1 aliphatic rings. The van der Waals surface area contributed by atoms with E-state index >= 15 is 0 Å². The van der Waals surface area contributed by atoms with Gasteiger partial charge >= 0.3 is 0 Å². The molecular weight excluding hydrogens is 148 g/mol. The molecule has 0 heterocycles. The number of hydrogen-bond donors (Lipinski definition) is 2. The number of nitrogens with two attached hydrogens (primary N) is 1. The van der Waals surface area contributed by atoms with E-state index in [9.17, 15) is 0 Å². The molecule has 2 heteroatoms. The molecule has 0 bridgehead atoms. The second-order valence-corrected chi connectivity index (χ2v) is 4.70. The minimum Gasteiger partial charge on any atom is -0.328 e. The van der Waals surface area contributed by atoms with E-state index in [2.05, 4.69) is 26.1 Å². The minimum atomic E-state index is 0.351. The third-order valence-corrected chi connectivity index (χ3v) is 2.77. The third kappa shape index (κ3) is 2.76. The molecule has 0 aliphatic heterocycles. The first kappa shape index (κ1) is 10.0. The standard InChI is InChI=1S/C10H22N2/c1-8(2)12-10(3)6-4-9(11)5-7-10/h8-9,12H,4-7,11H2,1-3H3. The molecule has 0 spiro atoms. The first-order valence-corrected chi connectivity index (χ1v) is 5.05. The highest BCUT2D eigenvalue weighted by Crippen LogP contribution is 2.27. The second-order valence-electron chi connectivity index (χ2n) is 4.70. The zero-order valence-electron chi connectivity index (χ0n) is 8.56. The second kappa shape index (κ2) is 3.75. The molecule has 0 saturated heterocycles. The van der Waals surface area contributed by atoms with Gasteiger partial charge in [-0.05, 0) is 32.6 Å². The highest BCUT2D eigenvalue weighted by atomic mass is 15.0.